The summed E-state index contributed by atoms with van der Waals surface area (Å²) in [5, 5.41) is 9.25. The van der Waals surface area contributed by atoms with Gasteiger partial charge in [-0.25, -0.2) is 15.0 Å². The Kier molecular flexibility index (Phi) is 8.96. The molecule has 1 unspecified atom stereocenters. The third-order valence-corrected chi connectivity index (χ3v) is 7.25. The largest absolute Gasteiger partial charge is 0.768 e. The summed E-state index contributed by atoms with van der Waals surface area (Å²) in [6.45, 7) is 0.542. The van der Waals surface area contributed by atoms with Crippen LogP contribution in [0.1, 0.15) is 15.9 Å². The monoisotopic (exact) mass is 591 g/mol. The number of aldehydes is 1. The Labute approximate surface area is 250 Å². The summed E-state index contributed by atoms with van der Waals surface area (Å²) in [5.41, 5.74) is 17.2. The average Bonchev–Trinajstić information content (AvgIpc) is 3.41. The third-order valence-electron chi connectivity index (χ3n) is 6.60. The van der Waals surface area contributed by atoms with Crippen LogP contribution in [-0.4, -0.2) is 46.2 Å². The zero-order valence-corrected chi connectivity index (χ0v) is 23.6. The highest BCUT2D eigenvalue weighted by atomic mass is 32.2. The first-order valence-corrected chi connectivity index (χ1v) is 14.3. The summed E-state index contributed by atoms with van der Waals surface area (Å²) < 4.78 is 24.4. The number of hydrogen-bond donors (Lipinski definition) is 3. The van der Waals surface area contributed by atoms with Crippen LogP contribution in [0.4, 0.5) is 5.82 Å². The fraction of sp³-hybridized carbons (Fsp3) is 0.0625. The van der Waals surface area contributed by atoms with E-state index in [-0.39, 0.29) is 10.6 Å². The van der Waals surface area contributed by atoms with Crippen LogP contribution in [0.3, 0.4) is 0 Å². The highest BCUT2D eigenvalue weighted by molar-refractivity contribution is 7.79. The van der Waals surface area contributed by atoms with Crippen molar-refractivity contribution in [2.75, 3.05) is 12.3 Å². The van der Waals surface area contributed by atoms with Crippen LogP contribution in [0.2, 0.25) is 0 Å². The van der Waals surface area contributed by atoms with Crippen LogP contribution in [0.15, 0.2) is 108 Å². The summed E-state index contributed by atoms with van der Waals surface area (Å²) in [6, 6.07) is 28.8. The number of rotatable bonds is 7. The standard InChI is InChI=1S/C23H17N5O2S.C9H11NO2/c24-21-18(7-4-14-25-21)22-27-20-13-12-19(15-5-2-1-3-6-15)26-23(20)28(22)16-8-10-17(11-9-16)31(29)30;10-4-3-7-1-2-8(6-11)9(12)5-7/h1-14H,(H2,24,25)(H,29,30);1-2,5-6,12H,3-4,10H2/p-1. The molecule has 6 aromatic rings. The number of aromatic nitrogens is 4. The summed E-state index contributed by atoms with van der Waals surface area (Å²) in [7, 11) is 0. The lowest BCUT2D eigenvalue weighted by Crippen LogP contribution is -2.02. The number of benzene rings is 3. The number of nitrogens with zero attached hydrogens (tertiary/aromatic N) is 4. The Morgan fingerprint density at radius 3 is 2.35 bits per heavy atom. The van der Waals surface area contributed by atoms with Crippen LogP contribution >= 0.6 is 0 Å². The lowest BCUT2D eigenvalue weighted by molar-refractivity contribution is 0.112. The zero-order chi connectivity index (χ0) is 30.3. The Morgan fingerprint density at radius 2 is 1.70 bits per heavy atom. The van der Waals surface area contributed by atoms with Gasteiger partial charge in [-0.2, -0.15) is 0 Å². The van der Waals surface area contributed by atoms with Gasteiger partial charge in [-0.3, -0.25) is 13.6 Å². The smallest absolute Gasteiger partial charge is 0.165 e. The second-order valence-electron chi connectivity index (χ2n) is 9.39. The van der Waals surface area contributed by atoms with Gasteiger partial charge in [0.1, 0.15) is 17.1 Å². The van der Waals surface area contributed by atoms with Gasteiger partial charge in [0.15, 0.2) is 17.8 Å². The highest BCUT2D eigenvalue weighted by Gasteiger charge is 2.18. The topological polar surface area (TPSA) is 173 Å². The van der Waals surface area contributed by atoms with Crippen molar-refractivity contribution in [3.63, 3.8) is 0 Å². The number of fused-ring (bicyclic) bond motifs is 1. The van der Waals surface area contributed by atoms with Crippen molar-refractivity contribution in [2.45, 2.75) is 11.3 Å². The van der Waals surface area contributed by atoms with Crippen molar-refractivity contribution in [1.29, 1.82) is 0 Å². The summed E-state index contributed by atoms with van der Waals surface area (Å²) in [6.07, 6.45) is 2.96. The SMILES string of the molecule is NCCc1ccc(C=O)c(O)c1.Nc1ncccc1-c1nc2ccc(-c3ccccc3)nc2n1-c1ccc(S(=O)[O-])cc1. The van der Waals surface area contributed by atoms with E-state index in [1.54, 1.807) is 54.7 Å². The number of aromatic hydroxyl groups is 1. The van der Waals surface area contributed by atoms with E-state index in [9.17, 15) is 18.7 Å². The number of carbonyl (C=O) groups is 1. The molecule has 10 nitrogen and oxygen atoms in total. The van der Waals surface area contributed by atoms with Gasteiger partial charge in [0.05, 0.1) is 16.8 Å². The number of nitrogen functional groups attached to an aromatic ring is 1. The molecule has 0 spiro atoms. The Morgan fingerprint density at radius 1 is 0.930 bits per heavy atom. The fourth-order valence-corrected chi connectivity index (χ4v) is 4.83. The van der Waals surface area contributed by atoms with Crippen molar-refractivity contribution in [3.05, 3.63) is 114 Å². The van der Waals surface area contributed by atoms with E-state index in [1.807, 2.05) is 53.1 Å². The minimum Gasteiger partial charge on any atom is -0.768 e. The number of pyridine rings is 2. The number of phenolic OH excluding ortho intramolecular Hbond substituents is 1. The van der Waals surface area contributed by atoms with E-state index in [0.29, 0.717) is 58.9 Å². The Hall–Kier alpha value is -5.23. The Bertz CT molecular complexity index is 1910. The first-order chi connectivity index (χ1) is 20.9. The second-order valence-corrected chi connectivity index (χ2v) is 10.3. The van der Waals surface area contributed by atoms with E-state index in [0.717, 1.165) is 16.8 Å². The van der Waals surface area contributed by atoms with Crippen molar-refractivity contribution < 1.29 is 18.7 Å². The van der Waals surface area contributed by atoms with Gasteiger partial charge in [-0.05, 0) is 90.3 Å². The second kappa shape index (κ2) is 13.2. The minimum atomic E-state index is -2.31. The predicted octanol–water partition coefficient (Wildman–Crippen LogP) is 4.68. The molecule has 0 bridgehead atoms. The molecule has 0 saturated heterocycles. The maximum absolute atomic E-state index is 11.3. The van der Waals surface area contributed by atoms with Crippen LogP contribution < -0.4 is 11.5 Å². The highest BCUT2D eigenvalue weighted by Crippen LogP contribution is 2.31. The van der Waals surface area contributed by atoms with Crippen LogP contribution in [0.5, 0.6) is 5.75 Å². The molecular formula is C32H27N6O4S-. The number of nitrogens with two attached hydrogens (primary N) is 2. The molecule has 11 heteroatoms. The number of phenols is 1. The lowest BCUT2D eigenvalue weighted by Gasteiger charge is -2.12. The molecule has 43 heavy (non-hydrogen) atoms. The molecule has 3 aromatic carbocycles. The van der Waals surface area contributed by atoms with Crippen molar-refractivity contribution in [1.82, 2.24) is 19.5 Å². The van der Waals surface area contributed by atoms with Crippen molar-refractivity contribution in [2.24, 2.45) is 5.73 Å². The summed E-state index contributed by atoms with van der Waals surface area (Å²) >= 11 is -2.31. The van der Waals surface area contributed by atoms with Gasteiger partial charge in [0.25, 0.3) is 0 Å². The Balaban J connectivity index is 0.000000259. The first-order valence-electron chi connectivity index (χ1n) is 13.2. The van der Waals surface area contributed by atoms with Gasteiger partial charge in [0, 0.05) is 22.3 Å². The molecule has 3 aromatic heterocycles. The van der Waals surface area contributed by atoms with Crippen molar-refractivity contribution >= 4 is 34.3 Å². The van der Waals surface area contributed by atoms with Gasteiger partial charge in [0.2, 0.25) is 0 Å². The molecule has 0 radical (unpaired) electrons. The van der Waals surface area contributed by atoms with Crippen molar-refractivity contribution in [3.8, 4) is 34.1 Å². The zero-order valence-electron chi connectivity index (χ0n) is 22.8. The molecule has 0 amide bonds. The minimum absolute atomic E-state index is 0.0240. The van der Waals surface area contributed by atoms with Gasteiger partial charge >= 0.3 is 0 Å². The molecule has 1 atom stereocenters. The third kappa shape index (κ3) is 6.49. The molecule has 6 rings (SSSR count). The summed E-state index contributed by atoms with van der Waals surface area (Å²) in [4.78, 5) is 24.3. The van der Waals surface area contributed by atoms with Crippen LogP contribution in [0, 0.1) is 0 Å². The van der Waals surface area contributed by atoms with E-state index >= 15 is 0 Å². The molecule has 0 saturated carbocycles. The average molecular weight is 592 g/mol. The predicted molar refractivity (Wildman–Crippen MR) is 165 cm³/mol. The van der Waals surface area contributed by atoms with Crippen LogP contribution in [-0.2, 0) is 17.5 Å². The maximum atomic E-state index is 11.3. The number of anilines is 1. The summed E-state index contributed by atoms with van der Waals surface area (Å²) in [5.74, 6) is 0.949. The van der Waals surface area contributed by atoms with Gasteiger partial charge in [-0.15, -0.1) is 0 Å². The fourth-order valence-electron chi connectivity index (χ4n) is 4.48. The molecule has 0 aliphatic heterocycles. The first kappa shape index (κ1) is 29.3. The maximum Gasteiger partial charge on any atom is 0.165 e. The molecule has 216 valence electrons. The molecular weight excluding hydrogens is 564 g/mol. The molecule has 0 fully saturated rings. The van der Waals surface area contributed by atoms with E-state index < -0.39 is 11.1 Å². The number of imidazole rings is 1. The van der Waals surface area contributed by atoms with Crippen LogP contribution in [0.25, 0.3) is 39.5 Å². The molecule has 0 aliphatic rings. The van der Waals surface area contributed by atoms with Gasteiger partial charge < -0.3 is 21.1 Å². The lowest BCUT2D eigenvalue weighted by atomic mass is 10.1. The van der Waals surface area contributed by atoms with E-state index in [1.165, 1.54) is 0 Å². The molecule has 5 N–H and O–H groups in total. The van der Waals surface area contributed by atoms with E-state index in [2.05, 4.69) is 4.98 Å². The molecule has 0 aliphatic carbocycles. The quantitative estimate of drug-likeness (QED) is 0.176. The molecule has 3 heterocycles. The normalized spacial score (nSPS) is 11.5. The van der Waals surface area contributed by atoms with Gasteiger partial charge in [-0.1, -0.05) is 36.4 Å². The number of carbonyl (C=O) groups excluding carboxylic acids is 1. The van der Waals surface area contributed by atoms with E-state index in [4.69, 9.17) is 21.4 Å². The number of hydrogen-bond acceptors (Lipinski definition) is 9.